The molecule has 5 aromatic rings. The fourth-order valence-corrected chi connectivity index (χ4v) is 6.16. The Hall–Kier alpha value is -4.37. The minimum absolute atomic E-state index is 0.00805. The highest BCUT2D eigenvalue weighted by Gasteiger charge is 2.54. The van der Waals surface area contributed by atoms with E-state index in [-0.39, 0.29) is 11.6 Å². The van der Waals surface area contributed by atoms with E-state index in [4.69, 9.17) is 16.6 Å². The summed E-state index contributed by atoms with van der Waals surface area (Å²) in [6, 6.07) is 15.6. The average molecular weight is 507 g/mol. The molecule has 0 saturated heterocycles. The van der Waals surface area contributed by atoms with E-state index in [1.165, 1.54) is 11.9 Å². The Morgan fingerprint density at radius 2 is 2.00 bits per heavy atom. The van der Waals surface area contributed by atoms with E-state index in [0.717, 1.165) is 57.5 Å². The number of nitrogens with one attached hydrogen (secondary N) is 1. The summed E-state index contributed by atoms with van der Waals surface area (Å²) in [6.45, 7) is 0. The predicted molar refractivity (Wildman–Crippen MR) is 140 cm³/mol. The van der Waals surface area contributed by atoms with Gasteiger partial charge in [-0.3, -0.25) is 14.9 Å². The first-order valence-corrected chi connectivity index (χ1v) is 12.5. The van der Waals surface area contributed by atoms with Crippen molar-refractivity contribution in [1.29, 1.82) is 0 Å². The lowest BCUT2D eigenvalue weighted by molar-refractivity contribution is 0.584. The number of allylic oxidation sites excluding steroid dienone is 1. The molecule has 0 unspecified atom stereocenters. The van der Waals surface area contributed by atoms with Gasteiger partial charge in [0.15, 0.2) is 0 Å². The first-order chi connectivity index (χ1) is 18.1. The summed E-state index contributed by atoms with van der Waals surface area (Å²) in [6.07, 6.45) is 7.13. The van der Waals surface area contributed by atoms with Crippen molar-refractivity contribution < 1.29 is 0 Å². The summed E-state index contributed by atoms with van der Waals surface area (Å²) in [5.74, 6) is 0.770. The van der Waals surface area contributed by atoms with Gasteiger partial charge in [-0.25, -0.2) is 0 Å². The smallest absolute Gasteiger partial charge is 0.251 e. The number of benzene rings is 2. The van der Waals surface area contributed by atoms with Crippen molar-refractivity contribution in [1.82, 2.24) is 35.0 Å². The van der Waals surface area contributed by atoms with E-state index >= 15 is 0 Å². The van der Waals surface area contributed by atoms with E-state index in [1.807, 2.05) is 35.2 Å². The number of halogens is 1. The number of aromatic nitrogens is 7. The maximum Gasteiger partial charge on any atom is 0.251 e. The van der Waals surface area contributed by atoms with Crippen molar-refractivity contribution in [3.8, 4) is 16.8 Å². The zero-order chi connectivity index (χ0) is 24.7. The molecule has 10 heteroatoms. The lowest BCUT2D eigenvalue weighted by Crippen LogP contribution is -2.29. The monoisotopic (exact) mass is 506 g/mol. The van der Waals surface area contributed by atoms with Gasteiger partial charge in [0, 0.05) is 52.0 Å². The summed E-state index contributed by atoms with van der Waals surface area (Å²) in [7, 11) is 0. The fraction of sp³-hybridized carbons (Fsp3) is 0.185. The first kappa shape index (κ1) is 20.8. The summed E-state index contributed by atoms with van der Waals surface area (Å²) in [5.41, 5.74) is 7.81. The van der Waals surface area contributed by atoms with Crippen LogP contribution in [0.4, 0.5) is 0 Å². The molecule has 1 N–H and O–H groups in total. The third-order valence-electron chi connectivity index (χ3n) is 7.78. The molecule has 8 rings (SSSR count). The molecule has 9 nitrogen and oxygen atoms in total. The predicted octanol–water partition coefficient (Wildman–Crippen LogP) is 4.56. The zero-order valence-electron chi connectivity index (χ0n) is 19.4. The van der Waals surface area contributed by atoms with E-state index in [1.54, 1.807) is 16.8 Å². The molecule has 37 heavy (non-hydrogen) atoms. The molecule has 5 heterocycles. The van der Waals surface area contributed by atoms with Gasteiger partial charge in [-0.15, -0.1) is 5.10 Å². The third kappa shape index (κ3) is 3.17. The minimum Gasteiger partial charge on any atom is -0.303 e. The molecule has 3 atom stereocenters. The molecule has 180 valence electrons. The fourth-order valence-electron chi connectivity index (χ4n) is 5.99. The number of pyridine rings is 1. The minimum atomic E-state index is -0.0247. The Balaban J connectivity index is 1.15. The standard InChI is InChI=1S/C27H19ClN8O/c28-18-2-4-24(35-13-31-33-34-35)19(9-18)15-7-25-20-10-21(20)27(36(25)26(37)8-15)23-6-16(11-29-23)14-1-3-22-17(5-14)12-30-32-22/h1-5,7-9,11-13,20-21,27H,6,10H2,(H,30,32)/t20-,21+,27+/m1/s1. The Bertz CT molecular complexity index is 1850. The second kappa shape index (κ2) is 7.57. The van der Waals surface area contributed by atoms with Gasteiger partial charge >= 0.3 is 0 Å². The van der Waals surface area contributed by atoms with Crippen molar-refractivity contribution in [2.75, 3.05) is 0 Å². The number of nitrogens with zero attached hydrogens (tertiary/aromatic N) is 7. The highest BCUT2D eigenvalue weighted by atomic mass is 35.5. The Kier molecular flexibility index (Phi) is 4.25. The van der Waals surface area contributed by atoms with E-state index in [9.17, 15) is 4.79 Å². The van der Waals surface area contributed by atoms with Crippen LogP contribution in [0.5, 0.6) is 0 Å². The highest BCUT2D eigenvalue weighted by molar-refractivity contribution is 6.31. The molecule has 0 radical (unpaired) electrons. The van der Waals surface area contributed by atoms with Gasteiger partial charge in [0.1, 0.15) is 6.33 Å². The van der Waals surface area contributed by atoms with E-state index < -0.39 is 0 Å². The number of rotatable bonds is 4. The molecule has 1 aliphatic carbocycles. The van der Waals surface area contributed by atoms with Gasteiger partial charge in [-0.1, -0.05) is 17.7 Å². The number of fused-ring (bicyclic) bond motifs is 4. The third-order valence-corrected chi connectivity index (χ3v) is 8.01. The molecule has 2 aliphatic heterocycles. The Morgan fingerprint density at radius 1 is 1.05 bits per heavy atom. The van der Waals surface area contributed by atoms with Crippen molar-refractivity contribution in [2.24, 2.45) is 10.9 Å². The largest absolute Gasteiger partial charge is 0.303 e. The van der Waals surface area contributed by atoms with Crippen molar-refractivity contribution >= 4 is 33.8 Å². The molecular formula is C27H19ClN8O. The van der Waals surface area contributed by atoms with Crippen LogP contribution in [-0.2, 0) is 0 Å². The number of aromatic amines is 1. The van der Waals surface area contributed by atoms with Gasteiger partial charge in [-0.2, -0.15) is 9.78 Å². The average Bonchev–Trinajstić information content (AvgIpc) is 3.41. The van der Waals surface area contributed by atoms with Crippen LogP contribution >= 0.6 is 11.6 Å². The molecule has 0 amide bonds. The van der Waals surface area contributed by atoms with Crippen molar-refractivity contribution in [2.45, 2.75) is 24.8 Å². The summed E-state index contributed by atoms with van der Waals surface area (Å²) >= 11 is 6.35. The number of H-pyrrole nitrogens is 1. The van der Waals surface area contributed by atoms with Gasteiger partial charge in [0.25, 0.3) is 5.56 Å². The van der Waals surface area contributed by atoms with Crippen LogP contribution < -0.4 is 5.56 Å². The molecule has 3 aliphatic rings. The summed E-state index contributed by atoms with van der Waals surface area (Å²) < 4.78 is 3.54. The lowest BCUT2D eigenvalue weighted by atomic mass is 9.97. The first-order valence-electron chi connectivity index (χ1n) is 12.1. The molecule has 0 bridgehead atoms. The normalized spacial score (nSPS) is 21.6. The molecule has 2 aromatic carbocycles. The van der Waals surface area contributed by atoms with Crippen LogP contribution in [0.15, 0.2) is 77.0 Å². The molecule has 3 aromatic heterocycles. The second-order valence-electron chi connectivity index (χ2n) is 9.87. The second-order valence-corrected chi connectivity index (χ2v) is 10.3. The number of hydrogen-bond acceptors (Lipinski definition) is 6. The quantitative estimate of drug-likeness (QED) is 0.384. The van der Waals surface area contributed by atoms with E-state index in [2.05, 4.69) is 43.9 Å². The number of aliphatic imine (C=N–C) groups is 1. The maximum atomic E-state index is 13.6. The van der Waals surface area contributed by atoms with Gasteiger partial charge in [0.2, 0.25) is 0 Å². The van der Waals surface area contributed by atoms with Crippen LogP contribution in [0.2, 0.25) is 5.02 Å². The Labute approximate surface area is 215 Å². The van der Waals surface area contributed by atoms with Crippen molar-refractivity contribution in [3.05, 3.63) is 93.9 Å². The SMILES string of the molecule is O=c1cc(-c2cc(Cl)ccc2-n2cnnn2)cc2n1[C@H](C1=NC=C(c3ccc4[nH]ncc4c3)C1)[C@H]1C[C@@H]21. The lowest BCUT2D eigenvalue weighted by Gasteiger charge is -2.20. The van der Waals surface area contributed by atoms with Gasteiger partial charge < -0.3 is 4.57 Å². The summed E-state index contributed by atoms with van der Waals surface area (Å²) in [4.78, 5) is 18.4. The van der Waals surface area contributed by atoms with Crippen molar-refractivity contribution in [3.63, 3.8) is 0 Å². The molecule has 0 spiro atoms. The molecule has 1 saturated carbocycles. The van der Waals surface area contributed by atoms with Crippen LogP contribution in [0.1, 0.15) is 36.1 Å². The van der Waals surface area contributed by atoms with Crippen LogP contribution in [0.3, 0.4) is 0 Å². The topological polar surface area (TPSA) is 107 Å². The highest BCUT2D eigenvalue weighted by Crippen LogP contribution is 2.60. The Morgan fingerprint density at radius 3 is 2.89 bits per heavy atom. The van der Waals surface area contributed by atoms with E-state index in [0.29, 0.717) is 16.9 Å². The number of tetrazole rings is 1. The van der Waals surface area contributed by atoms with Crippen LogP contribution in [-0.4, -0.2) is 40.7 Å². The zero-order valence-corrected chi connectivity index (χ0v) is 20.2. The maximum absolute atomic E-state index is 13.6. The van der Waals surface area contributed by atoms with Crippen LogP contribution in [0.25, 0.3) is 33.3 Å². The molecular weight excluding hydrogens is 488 g/mol. The summed E-state index contributed by atoms with van der Waals surface area (Å²) in [5, 5.41) is 20.3. The van der Waals surface area contributed by atoms with Gasteiger partial charge in [0.05, 0.1) is 23.4 Å². The number of hydrogen-bond donors (Lipinski definition) is 1. The molecule has 1 fully saturated rings. The van der Waals surface area contributed by atoms with Gasteiger partial charge in [-0.05, 0) is 75.9 Å². The van der Waals surface area contributed by atoms with Crippen LogP contribution in [0, 0.1) is 5.92 Å².